The molecule has 1 heterocycles. The van der Waals surface area contributed by atoms with E-state index in [0.717, 1.165) is 37.8 Å². The summed E-state index contributed by atoms with van der Waals surface area (Å²) in [5, 5.41) is 3.69. The smallest absolute Gasteiger partial charge is 0.337 e. The number of pyridine rings is 1. The van der Waals surface area contributed by atoms with Crippen LogP contribution in [0.3, 0.4) is 0 Å². The van der Waals surface area contributed by atoms with E-state index in [0.29, 0.717) is 16.8 Å². The third kappa shape index (κ3) is 4.41. The Bertz CT molecular complexity index is 1330. The zero-order valence-corrected chi connectivity index (χ0v) is 19.5. The standard InChI is InChI=1S/C26H21BrN2O3/c1-15-4-6-17(7-5-15)23-14-22(21-13-19(27)12-16(2)24(21)29-23)25(30)28-20-10-8-18(9-11-20)26(31)32-3/h4-14H,1-3H3,(H,28,30). The number of hydrogen-bond acceptors (Lipinski definition) is 4. The molecule has 0 fully saturated rings. The molecule has 32 heavy (non-hydrogen) atoms. The number of esters is 1. The summed E-state index contributed by atoms with van der Waals surface area (Å²) in [5.41, 5.74) is 6.09. The molecule has 0 atom stereocenters. The van der Waals surface area contributed by atoms with E-state index in [4.69, 9.17) is 9.72 Å². The van der Waals surface area contributed by atoms with Crippen molar-refractivity contribution in [3.63, 3.8) is 0 Å². The molecular weight excluding hydrogens is 468 g/mol. The summed E-state index contributed by atoms with van der Waals surface area (Å²) < 4.78 is 5.60. The minimum absolute atomic E-state index is 0.255. The zero-order chi connectivity index (χ0) is 22.8. The van der Waals surface area contributed by atoms with Crippen LogP contribution in [-0.2, 0) is 4.74 Å². The molecule has 0 aliphatic rings. The molecule has 4 aromatic rings. The third-order valence-corrected chi connectivity index (χ3v) is 5.68. The van der Waals surface area contributed by atoms with Gasteiger partial charge in [-0.1, -0.05) is 45.8 Å². The summed E-state index contributed by atoms with van der Waals surface area (Å²) in [4.78, 5) is 29.8. The fourth-order valence-electron chi connectivity index (χ4n) is 3.52. The van der Waals surface area contributed by atoms with Gasteiger partial charge in [0.1, 0.15) is 0 Å². The first-order chi connectivity index (χ1) is 15.4. The van der Waals surface area contributed by atoms with Crippen LogP contribution in [0.5, 0.6) is 0 Å². The Balaban J connectivity index is 1.78. The van der Waals surface area contributed by atoms with Crippen LogP contribution in [0.1, 0.15) is 31.8 Å². The van der Waals surface area contributed by atoms with Crippen LogP contribution in [-0.4, -0.2) is 24.0 Å². The van der Waals surface area contributed by atoms with Gasteiger partial charge in [0.25, 0.3) is 5.91 Å². The monoisotopic (exact) mass is 488 g/mol. The minimum Gasteiger partial charge on any atom is -0.465 e. The second kappa shape index (κ2) is 8.93. The number of carbonyl (C=O) groups excluding carboxylic acids is 2. The first-order valence-electron chi connectivity index (χ1n) is 10.0. The van der Waals surface area contributed by atoms with E-state index < -0.39 is 5.97 Å². The molecule has 1 N–H and O–H groups in total. The number of carbonyl (C=O) groups is 2. The highest BCUT2D eigenvalue weighted by molar-refractivity contribution is 9.10. The summed E-state index contributed by atoms with van der Waals surface area (Å²) >= 11 is 3.53. The van der Waals surface area contributed by atoms with Crippen molar-refractivity contribution in [2.24, 2.45) is 0 Å². The van der Waals surface area contributed by atoms with Gasteiger partial charge in [-0.05, 0) is 61.9 Å². The average Bonchev–Trinajstić information content (AvgIpc) is 2.79. The number of nitrogens with zero attached hydrogens (tertiary/aromatic N) is 1. The summed E-state index contributed by atoms with van der Waals surface area (Å²) in [5.74, 6) is -0.680. The maximum Gasteiger partial charge on any atom is 0.337 e. The van der Waals surface area contributed by atoms with Crippen LogP contribution in [0, 0.1) is 13.8 Å². The molecular formula is C26H21BrN2O3. The lowest BCUT2D eigenvalue weighted by molar-refractivity contribution is 0.0600. The molecule has 4 rings (SSSR count). The largest absolute Gasteiger partial charge is 0.465 e. The van der Waals surface area contributed by atoms with Crippen molar-refractivity contribution < 1.29 is 14.3 Å². The van der Waals surface area contributed by atoms with Gasteiger partial charge in [0.2, 0.25) is 0 Å². The Kier molecular flexibility index (Phi) is 6.06. The predicted molar refractivity (Wildman–Crippen MR) is 130 cm³/mol. The SMILES string of the molecule is COC(=O)c1ccc(NC(=O)c2cc(-c3ccc(C)cc3)nc3c(C)cc(Br)cc23)cc1. The predicted octanol–water partition coefficient (Wildman–Crippen LogP) is 6.32. The minimum atomic E-state index is -0.425. The van der Waals surface area contributed by atoms with Gasteiger partial charge in [-0.15, -0.1) is 0 Å². The van der Waals surface area contributed by atoms with Crippen LogP contribution in [0.4, 0.5) is 5.69 Å². The van der Waals surface area contributed by atoms with E-state index in [1.165, 1.54) is 7.11 Å². The number of halogens is 1. The Morgan fingerprint density at radius 3 is 2.28 bits per heavy atom. The Labute approximate surface area is 194 Å². The van der Waals surface area contributed by atoms with E-state index in [1.54, 1.807) is 24.3 Å². The van der Waals surface area contributed by atoms with Gasteiger partial charge in [-0.25, -0.2) is 9.78 Å². The molecule has 5 nitrogen and oxygen atoms in total. The van der Waals surface area contributed by atoms with Gasteiger partial charge >= 0.3 is 5.97 Å². The van der Waals surface area contributed by atoms with E-state index in [1.807, 2.05) is 56.3 Å². The maximum absolute atomic E-state index is 13.3. The van der Waals surface area contributed by atoms with Crippen molar-refractivity contribution in [2.75, 3.05) is 12.4 Å². The molecule has 0 aliphatic heterocycles. The number of ether oxygens (including phenoxy) is 1. The second-order valence-electron chi connectivity index (χ2n) is 7.56. The Morgan fingerprint density at radius 2 is 1.62 bits per heavy atom. The van der Waals surface area contributed by atoms with Gasteiger partial charge in [-0.3, -0.25) is 4.79 Å². The fourth-order valence-corrected chi connectivity index (χ4v) is 4.09. The molecule has 0 aliphatic carbocycles. The van der Waals surface area contributed by atoms with Gasteiger partial charge in [0, 0.05) is 21.1 Å². The highest BCUT2D eigenvalue weighted by atomic mass is 79.9. The van der Waals surface area contributed by atoms with E-state index in [2.05, 4.69) is 21.2 Å². The van der Waals surface area contributed by atoms with E-state index in [9.17, 15) is 9.59 Å². The number of hydrogen-bond donors (Lipinski definition) is 1. The average molecular weight is 489 g/mol. The fraction of sp³-hybridized carbons (Fsp3) is 0.115. The molecule has 0 saturated heterocycles. The van der Waals surface area contributed by atoms with Crippen molar-refractivity contribution in [3.05, 3.63) is 93.5 Å². The van der Waals surface area contributed by atoms with E-state index >= 15 is 0 Å². The lowest BCUT2D eigenvalue weighted by Crippen LogP contribution is -2.13. The lowest BCUT2D eigenvalue weighted by Gasteiger charge is -2.13. The van der Waals surface area contributed by atoms with Crippen molar-refractivity contribution >= 4 is 44.4 Å². The molecule has 1 amide bonds. The first-order valence-corrected chi connectivity index (χ1v) is 10.8. The van der Waals surface area contributed by atoms with Crippen LogP contribution in [0.2, 0.25) is 0 Å². The molecule has 6 heteroatoms. The number of aromatic nitrogens is 1. The van der Waals surface area contributed by atoms with Crippen molar-refractivity contribution in [1.29, 1.82) is 0 Å². The zero-order valence-electron chi connectivity index (χ0n) is 17.9. The van der Waals surface area contributed by atoms with Crippen LogP contribution in [0.15, 0.2) is 71.2 Å². The van der Waals surface area contributed by atoms with Gasteiger partial charge in [-0.2, -0.15) is 0 Å². The number of amides is 1. The molecule has 0 saturated carbocycles. The Hall–Kier alpha value is -3.51. The molecule has 160 valence electrons. The number of anilines is 1. The van der Waals surface area contributed by atoms with Gasteiger partial charge in [0.05, 0.1) is 29.4 Å². The van der Waals surface area contributed by atoms with Crippen molar-refractivity contribution in [3.8, 4) is 11.3 Å². The van der Waals surface area contributed by atoms with Crippen LogP contribution < -0.4 is 5.32 Å². The first kappa shape index (κ1) is 21.7. The number of benzene rings is 3. The number of rotatable bonds is 4. The Morgan fingerprint density at radius 1 is 0.938 bits per heavy atom. The second-order valence-corrected chi connectivity index (χ2v) is 8.48. The van der Waals surface area contributed by atoms with Crippen LogP contribution >= 0.6 is 15.9 Å². The van der Waals surface area contributed by atoms with Gasteiger partial charge < -0.3 is 10.1 Å². The molecule has 0 spiro atoms. The summed E-state index contributed by atoms with van der Waals surface area (Å²) in [7, 11) is 1.33. The summed E-state index contributed by atoms with van der Waals surface area (Å²) in [6.45, 7) is 4.01. The lowest BCUT2D eigenvalue weighted by atomic mass is 10.0. The summed E-state index contributed by atoms with van der Waals surface area (Å²) in [6.07, 6.45) is 0. The maximum atomic E-state index is 13.3. The summed E-state index contributed by atoms with van der Waals surface area (Å²) in [6, 6.07) is 20.4. The number of fused-ring (bicyclic) bond motifs is 1. The highest BCUT2D eigenvalue weighted by Crippen LogP contribution is 2.30. The van der Waals surface area contributed by atoms with Crippen LogP contribution in [0.25, 0.3) is 22.2 Å². The van der Waals surface area contributed by atoms with Crippen molar-refractivity contribution in [1.82, 2.24) is 4.98 Å². The molecule has 0 unspecified atom stereocenters. The van der Waals surface area contributed by atoms with Gasteiger partial charge in [0.15, 0.2) is 0 Å². The number of nitrogens with one attached hydrogen (secondary N) is 1. The van der Waals surface area contributed by atoms with E-state index in [-0.39, 0.29) is 5.91 Å². The molecule has 1 aromatic heterocycles. The normalized spacial score (nSPS) is 10.8. The molecule has 0 bridgehead atoms. The topological polar surface area (TPSA) is 68.3 Å². The molecule has 3 aromatic carbocycles. The molecule has 0 radical (unpaired) electrons. The number of aryl methyl sites for hydroxylation is 2. The third-order valence-electron chi connectivity index (χ3n) is 5.22. The number of methoxy groups -OCH3 is 1. The quantitative estimate of drug-likeness (QED) is 0.341. The van der Waals surface area contributed by atoms with Crippen molar-refractivity contribution in [2.45, 2.75) is 13.8 Å². The highest BCUT2D eigenvalue weighted by Gasteiger charge is 2.17.